The Balaban J connectivity index is 2.01. The van der Waals surface area contributed by atoms with Gasteiger partial charge in [0.05, 0.1) is 15.7 Å². The number of anilines is 1. The molecule has 1 aromatic carbocycles. The van der Waals surface area contributed by atoms with Crippen LogP contribution in [0.3, 0.4) is 0 Å². The second-order valence-electron chi connectivity index (χ2n) is 7.60. The summed E-state index contributed by atoms with van der Waals surface area (Å²) >= 11 is 3.38. The van der Waals surface area contributed by atoms with Crippen LogP contribution in [0.5, 0.6) is 0 Å². The molecule has 0 saturated carbocycles. The van der Waals surface area contributed by atoms with Gasteiger partial charge in [0.25, 0.3) is 5.91 Å². The summed E-state index contributed by atoms with van der Waals surface area (Å²) in [6.45, 7) is 4.26. The maximum atomic E-state index is 13.4. The summed E-state index contributed by atoms with van der Waals surface area (Å²) in [5, 5.41) is 2.62. The first-order chi connectivity index (χ1) is 17.0. The van der Waals surface area contributed by atoms with Crippen molar-refractivity contribution in [3.05, 3.63) is 29.0 Å². The number of hydrogen-bond donors (Lipinski definition) is 1. The Morgan fingerprint density at radius 2 is 1.36 bits per heavy atom. The zero-order valence-electron chi connectivity index (χ0n) is 19.6. The van der Waals surface area contributed by atoms with Gasteiger partial charge in [-0.2, -0.15) is 0 Å². The molecule has 5 atom stereocenters. The Morgan fingerprint density at radius 3 is 1.97 bits per heavy atom. The average molecular weight is 568 g/mol. The van der Waals surface area contributed by atoms with Crippen LogP contribution in [0.2, 0.25) is 0 Å². The molecule has 13 nitrogen and oxygen atoms in total. The number of carbonyl (C=O) groups is 5. The van der Waals surface area contributed by atoms with Crippen LogP contribution in [-0.2, 0) is 47.7 Å². The second kappa shape index (κ2) is 11.4. The van der Waals surface area contributed by atoms with E-state index in [0.29, 0.717) is 15.5 Å². The summed E-state index contributed by atoms with van der Waals surface area (Å²) in [4.78, 5) is 69.0. The maximum absolute atomic E-state index is 13.4. The topological polar surface area (TPSA) is 169 Å². The van der Waals surface area contributed by atoms with E-state index in [0.717, 1.165) is 27.7 Å². The first-order valence-corrected chi connectivity index (χ1v) is 11.3. The van der Waals surface area contributed by atoms with Crippen molar-refractivity contribution in [1.29, 1.82) is 0 Å². The minimum atomic E-state index is -1.66. The molecular weight excluding hydrogens is 546 g/mol. The minimum absolute atomic E-state index is 0.272. The quantitative estimate of drug-likeness (QED) is 0.393. The van der Waals surface area contributed by atoms with Gasteiger partial charge < -0.3 is 29.0 Å². The van der Waals surface area contributed by atoms with Crippen LogP contribution in [0.25, 0.3) is 11.0 Å². The molecule has 1 amide bonds. The number of nitrogens with zero attached hydrogens (tertiary/aromatic N) is 2. The molecule has 1 aliphatic rings. The molecule has 2 aromatic rings. The van der Waals surface area contributed by atoms with E-state index in [9.17, 15) is 24.0 Å². The lowest BCUT2D eigenvalue weighted by Crippen LogP contribution is -2.64. The van der Waals surface area contributed by atoms with E-state index in [1.165, 1.54) is 12.4 Å². The predicted octanol–water partition coefficient (Wildman–Crippen LogP) is 1.41. The maximum Gasteiger partial charge on any atom is 0.305 e. The number of halogens is 1. The van der Waals surface area contributed by atoms with Gasteiger partial charge in [-0.25, -0.2) is 0 Å². The molecule has 0 aliphatic carbocycles. The Morgan fingerprint density at radius 1 is 0.806 bits per heavy atom. The Hall–Kier alpha value is -3.65. The summed E-state index contributed by atoms with van der Waals surface area (Å²) in [6.07, 6.45) is -4.98. The number of rotatable bonds is 6. The predicted molar refractivity (Wildman–Crippen MR) is 123 cm³/mol. The fourth-order valence-electron chi connectivity index (χ4n) is 3.55. The van der Waals surface area contributed by atoms with Crippen molar-refractivity contribution < 1.29 is 47.7 Å². The third-order valence-electron chi connectivity index (χ3n) is 4.78. The third-order valence-corrected chi connectivity index (χ3v) is 5.58. The molecule has 2 heterocycles. The van der Waals surface area contributed by atoms with Crippen LogP contribution in [0.1, 0.15) is 27.7 Å². The van der Waals surface area contributed by atoms with Crippen molar-refractivity contribution in [2.75, 3.05) is 5.32 Å². The van der Waals surface area contributed by atoms with Gasteiger partial charge in [0, 0.05) is 40.1 Å². The summed E-state index contributed by atoms with van der Waals surface area (Å²) in [7, 11) is 0. The van der Waals surface area contributed by atoms with Crippen molar-refractivity contribution in [1.82, 2.24) is 9.97 Å². The van der Waals surface area contributed by atoms with E-state index in [4.69, 9.17) is 23.7 Å². The van der Waals surface area contributed by atoms with Crippen LogP contribution < -0.4 is 5.32 Å². The van der Waals surface area contributed by atoms with Gasteiger partial charge in [-0.15, -0.1) is 0 Å². The molecule has 1 saturated heterocycles. The van der Waals surface area contributed by atoms with Gasteiger partial charge in [-0.1, -0.05) is 0 Å². The highest BCUT2D eigenvalue weighted by Gasteiger charge is 2.55. The highest BCUT2D eigenvalue weighted by molar-refractivity contribution is 9.10. The summed E-state index contributed by atoms with van der Waals surface area (Å²) in [5.74, 6) is -4.19. The number of hydrogen-bond acceptors (Lipinski definition) is 12. The summed E-state index contributed by atoms with van der Waals surface area (Å²) in [6, 6.07) is 3.17. The molecule has 0 radical (unpaired) electrons. The van der Waals surface area contributed by atoms with Gasteiger partial charge in [-0.3, -0.25) is 33.9 Å². The molecule has 14 heteroatoms. The van der Waals surface area contributed by atoms with Crippen LogP contribution in [0, 0.1) is 0 Å². The molecule has 1 N–H and O–H groups in total. The lowest BCUT2D eigenvalue weighted by molar-refractivity contribution is -0.289. The molecular formula is C22H22BrN3O10. The van der Waals surface area contributed by atoms with Crippen LogP contribution in [0.4, 0.5) is 5.69 Å². The molecule has 1 fully saturated rings. The highest BCUT2D eigenvalue weighted by Crippen LogP contribution is 2.33. The van der Waals surface area contributed by atoms with Crippen LogP contribution in [-0.4, -0.2) is 70.5 Å². The molecule has 3 rings (SSSR count). The summed E-state index contributed by atoms with van der Waals surface area (Å²) < 4.78 is 26.9. The molecule has 0 unspecified atom stereocenters. The van der Waals surface area contributed by atoms with E-state index < -0.39 is 60.5 Å². The fourth-order valence-corrected chi connectivity index (χ4v) is 4.08. The number of fused-ring (bicyclic) bond motifs is 1. The van der Waals surface area contributed by atoms with Crippen molar-refractivity contribution in [2.45, 2.75) is 58.4 Å². The second-order valence-corrected chi connectivity index (χ2v) is 8.39. The van der Waals surface area contributed by atoms with Crippen LogP contribution >= 0.6 is 15.9 Å². The van der Waals surface area contributed by atoms with Gasteiger partial charge in [-0.05, 0) is 28.1 Å². The van der Waals surface area contributed by atoms with E-state index in [2.05, 4.69) is 31.2 Å². The smallest absolute Gasteiger partial charge is 0.305 e. The number of ether oxygens (including phenoxy) is 5. The third kappa shape index (κ3) is 6.31. The van der Waals surface area contributed by atoms with E-state index in [1.54, 1.807) is 12.1 Å². The number of aromatic nitrogens is 2. The normalized spacial score (nSPS) is 23.3. The zero-order valence-corrected chi connectivity index (χ0v) is 21.1. The molecule has 0 spiro atoms. The highest BCUT2D eigenvalue weighted by atomic mass is 79.9. The van der Waals surface area contributed by atoms with Crippen molar-refractivity contribution in [3.8, 4) is 0 Å². The monoisotopic (exact) mass is 567 g/mol. The molecule has 0 bridgehead atoms. The van der Waals surface area contributed by atoms with E-state index >= 15 is 0 Å². The number of amides is 1. The average Bonchev–Trinajstić information content (AvgIpc) is 2.78. The first-order valence-electron chi connectivity index (χ1n) is 10.5. The SMILES string of the molecule is CC(=O)O[C@@H]1O[C@H](C(=O)Nc2ccc3nccnc3c2Br)[C@@H](OC(C)=O)[C@H](OC(C)=O)[C@H]1OC(C)=O. The lowest BCUT2D eigenvalue weighted by atomic mass is 9.97. The number of benzene rings is 1. The number of esters is 4. The van der Waals surface area contributed by atoms with Crippen molar-refractivity contribution >= 4 is 62.4 Å². The minimum Gasteiger partial charge on any atom is -0.455 e. The fraction of sp³-hybridized carbons (Fsp3) is 0.409. The van der Waals surface area contributed by atoms with Gasteiger partial charge >= 0.3 is 23.9 Å². The lowest BCUT2D eigenvalue weighted by Gasteiger charge is -2.43. The largest absolute Gasteiger partial charge is 0.455 e. The Kier molecular flexibility index (Phi) is 8.53. The Labute approximate surface area is 212 Å². The van der Waals surface area contributed by atoms with E-state index in [-0.39, 0.29) is 5.69 Å². The van der Waals surface area contributed by atoms with Gasteiger partial charge in [0.15, 0.2) is 18.3 Å². The van der Waals surface area contributed by atoms with Crippen molar-refractivity contribution in [3.63, 3.8) is 0 Å². The molecule has 192 valence electrons. The molecule has 36 heavy (non-hydrogen) atoms. The van der Waals surface area contributed by atoms with Gasteiger partial charge in [0.2, 0.25) is 12.4 Å². The number of carbonyl (C=O) groups excluding carboxylic acids is 5. The standard InChI is InChI=1S/C22H22BrN3O10/c1-9(27)32-17-18(33-10(2)28)20(34-11(3)29)22(35-12(4)30)36-19(17)21(31)26-13-5-6-14-16(15(13)23)25-8-7-24-14/h5-8,17-20,22H,1-4H3,(H,26,31)/t17-,18-,19-,20+,22+/m0/s1. The van der Waals surface area contributed by atoms with Crippen molar-refractivity contribution in [2.24, 2.45) is 0 Å². The zero-order chi connectivity index (χ0) is 26.6. The first kappa shape index (κ1) is 26.9. The molecule has 1 aliphatic heterocycles. The number of nitrogens with one attached hydrogen (secondary N) is 1. The Bertz CT molecular complexity index is 1210. The molecule has 1 aromatic heterocycles. The summed E-state index contributed by atoms with van der Waals surface area (Å²) in [5.41, 5.74) is 1.29. The van der Waals surface area contributed by atoms with Gasteiger partial charge in [0.1, 0.15) is 5.52 Å². The van der Waals surface area contributed by atoms with E-state index in [1.807, 2.05) is 0 Å². The van der Waals surface area contributed by atoms with Crippen LogP contribution in [0.15, 0.2) is 29.0 Å².